The number of amides is 1. The topological polar surface area (TPSA) is 101 Å². The van der Waals surface area contributed by atoms with E-state index in [0.717, 1.165) is 71.0 Å². The molecule has 8 nitrogen and oxygen atoms in total. The first-order valence-electron chi connectivity index (χ1n) is 14.7. The molecule has 0 spiro atoms. The van der Waals surface area contributed by atoms with Gasteiger partial charge in [-0.3, -0.25) is 19.3 Å². The maximum absolute atomic E-state index is 13.2. The summed E-state index contributed by atoms with van der Waals surface area (Å²) in [7, 11) is 0.811. The molecule has 1 aromatic heterocycles. The number of carboxylic acids is 1. The van der Waals surface area contributed by atoms with Crippen molar-refractivity contribution in [2.75, 3.05) is 32.8 Å². The molecule has 2 heterocycles. The van der Waals surface area contributed by atoms with E-state index in [9.17, 15) is 40.7 Å². The summed E-state index contributed by atoms with van der Waals surface area (Å²) in [6.07, 6.45) is -5.75. The summed E-state index contributed by atoms with van der Waals surface area (Å²) >= 11 is 0. The number of carbonyl (C=O) groups is 2. The minimum absolute atomic E-state index is 0.00741. The van der Waals surface area contributed by atoms with Crippen LogP contribution in [0.25, 0.3) is 0 Å². The minimum Gasteiger partial charge on any atom is -0.480 e. The van der Waals surface area contributed by atoms with Crippen molar-refractivity contribution >= 4 is 11.9 Å². The van der Waals surface area contributed by atoms with Gasteiger partial charge >= 0.3 is 18.3 Å². The molecule has 2 unspecified atom stereocenters. The number of alkyl halides is 6. The summed E-state index contributed by atoms with van der Waals surface area (Å²) in [6.45, 7) is 6.95. The Kier molecular flexibility index (Phi) is 11.9. The van der Waals surface area contributed by atoms with Crippen molar-refractivity contribution in [3.8, 4) is 0 Å². The Bertz CT molecular complexity index is 1400. The first-order chi connectivity index (χ1) is 20.9. The van der Waals surface area contributed by atoms with Crippen molar-refractivity contribution in [1.82, 2.24) is 14.8 Å². The lowest BCUT2D eigenvalue weighted by Gasteiger charge is -2.34. The van der Waals surface area contributed by atoms with E-state index < -0.39 is 52.5 Å². The van der Waals surface area contributed by atoms with Crippen LogP contribution in [0.1, 0.15) is 67.0 Å². The van der Waals surface area contributed by atoms with Crippen LogP contribution in [0.4, 0.5) is 26.3 Å². The van der Waals surface area contributed by atoms with Gasteiger partial charge in [0.15, 0.2) is 0 Å². The normalized spacial score (nSPS) is 21.3. The smallest absolute Gasteiger partial charge is 0.431 e. The molecular weight excluding hydrogens is 608 g/mol. The summed E-state index contributed by atoms with van der Waals surface area (Å²) < 4.78 is 83.8. The molecule has 1 aliphatic carbocycles. The van der Waals surface area contributed by atoms with E-state index in [1.165, 1.54) is 6.07 Å². The quantitative estimate of drug-likeness (QED) is 0.331. The predicted octanol–water partition coefficient (Wildman–Crippen LogP) is 5.18. The molecule has 2 aromatic rings. The fraction of sp³-hybridized carbons (Fsp3) is 0.581. The van der Waals surface area contributed by atoms with E-state index >= 15 is 0 Å². The standard InChI is InChI=1S/C16H13F6NO.C15H26N2O4/c1-9-4-3-5-10(6-9)7-11-12(15(17,18)19)8-13(16(20,21)22)23(2)14(11)24;1-15(14(20)16-11-13(18)19)5-2-3-12(4-6-15)17-7-9-21-10-8-17/h3-6,8H,7H2,1-2H3;12H,2-11H2,1H3,(H,16,20)(H,18,19). The molecule has 0 bridgehead atoms. The highest BCUT2D eigenvalue weighted by atomic mass is 19.4. The molecule has 45 heavy (non-hydrogen) atoms. The summed E-state index contributed by atoms with van der Waals surface area (Å²) in [5.41, 5.74) is -4.45. The zero-order valence-electron chi connectivity index (χ0n) is 25.5. The number of carboxylic acid groups (broad SMARTS) is 1. The van der Waals surface area contributed by atoms with Gasteiger partial charge in [0.1, 0.15) is 12.2 Å². The molecule has 1 aromatic carbocycles. The van der Waals surface area contributed by atoms with Crippen LogP contribution < -0.4 is 10.9 Å². The first kappa shape index (κ1) is 36.1. The number of benzene rings is 1. The zero-order valence-corrected chi connectivity index (χ0v) is 25.5. The van der Waals surface area contributed by atoms with Gasteiger partial charge in [-0.15, -0.1) is 0 Å². The van der Waals surface area contributed by atoms with Gasteiger partial charge in [0, 0.05) is 43.6 Å². The number of nitrogens with one attached hydrogen (secondary N) is 1. The molecule has 1 saturated heterocycles. The van der Waals surface area contributed by atoms with Gasteiger partial charge in [0.2, 0.25) is 5.91 Å². The number of hydrogen-bond donors (Lipinski definition) is 2. The summed E-state index contributed by atoms with van der Waals surface area (Å²) in [5.74, 6) is -1.11. The molecule has 1 saturated carbocycles. The monoisotopic (exact) mass is 647 g/mol. The molecule has 2 N–H and O–H groups in total. The molecule has 2 fully saturated rings. The molecule has 1 amide bonds. The summed E-state index contributed by atoms with van der Waals surface area (Å²) in [6, 6.07) is 6.95. The van der Waals surface area contributed by atoms with Crippen LogP contribution in [0.15, 0.2) is 35.1 Å². The highest BCUT2D eigenvalue weighted by molar-refractivity contribution is 5.85. The predicted molar refractivity (Wildman–Crippen MR) is 154 cm³/mol. The lowest BCUT2D eigenvalue weighted by Crippen LogP contribution is -2.44. The van der Waals surface area contributed by atoms with Crippen LogP contribution in [0, 0.1) is 12.3 Å². The van der Waals surface area contributed by atoms with Crippen molar-refractivity contribution in [2.45, 2.75) is 70.8 Å². The molecule has 14 heteroatoms. The molecule has 1 aliphatic heterocycles. The maximum Gasteiger partial charge on any atom is 0.431 e. The molecule has 4 rings (SSSR count). The number of aryl methyl sites for hydroxylation is 1. The van der Waals surface area contributed by atoms with E-state index in [-0.39, 0.29) is 23.1 Å². The van der Waals surface area contributed by atoms with Crippen molar-refractivity contribution in [1.29, 1.82) is 0 Å². The Morgan fingerprint density at radius 3 is 2.29 bits per heavy atom. The van der Waals surface area contributed by atoms with Crippen molar-refractivity contribution in [2.24, 2.45) is 12.5 Å². The van der Waals surface area contributed by atoms with Crippen LogP contribution in [0.2, 0.25) is 0 Å². The number of hydrogen-bond acceptors (Lipinski definition) is 5. The van der Waals surface area contributed by atoms with Gasteiger partial charge < -0.3 is 19.7 Å². The van der Waals surface area contributed by atoms with E-state index in [1.807, 2.05) is 6.92 Å². The van der Waals surface area contributed by atoms with Crippen molar-refractivity contribution in [3.63, 3.8) is 0 Å². The van der Waals surface area contributed by atoms with Gasteiger partial charge in [0.25, 0.3) is 5.56 Å². The average Bonchev–Trinajstić information content (AvgIpc) is 3.16. The first-order valence-corrected chi connectivity index (χ1v) is 14.7. The fourth-order valence-electron chi connectivity index (χ4n) is 5.86. The van der Waals surface area contributed by atoms with Gasteiger partial charge in [-0.2, -0.15) is 26.3 Å². The minimum atomic E-state index is -5.06. The lowest BCUT2D eigenvalue weighted by atomic mass is 9.81. The number of morpholine rings is 1. The molecule has 2 atom stereocenters. The summed E-state index contributed by atoms with van der Waals surface area (Å²) in [4.78, 5) is 37.5. The Hall–Kier alpha value is -3.39. The third kappa shape index (κ3) is 9.80. The SMILES string of the molecule is CC1(C(=O)NCC(=O)O)CCCC(N2CCOCC2)CC1.Cc1cccc(Cc2c(C(F)(F)F)cc(C(F)(F)F)n(C)c2=O)c1. The second-order valence-corrected chi connectivity index (χ2v) is 11.8. The van der Waals surface area contributed by atoms with Gasteiger partial charge in [-0.05, 0) is 44.2 Å². The number of rotatable bonds is 6. The number of aliphatic carboxylic acids is 1. The number of aromatic nitrogens is 1. The molecule has 0 radical (unpaired) electrons. The lowest BCUT2D eigenvalue weighted by molar-refractivity contribution is -0.148. The fourth-order valence-corrected chi connectivity index (χ4v) is 5.86. The second-order valence-electron chi connectivity index (χ2n) is 11.8. The third-order valence-corrected chi connectivity index (χ3v) is 8.40. The summed E-state index contributed by atoms with van der Waals surface area (Å²) in [5, 5.41) is 11.2. The van der Waals surface area contributed by atoms with Gasteiger partial charge in [0.05, 0.1) is 18.8 Å². The van der Waals surface area contributed by atoms with Crippen molar-refractivity contribution < 1.29 is 45.8 Å². The number of ether oxygens (including phenoxy) is 1. The highest BCUT2D eigenvalue weighted by Crippen LogP contribution is 2.37. The number of carbonyl (C=O) groups excluding carboxylic acids is 1. The highest BCUT2D eigenvalue weighted by Gasteiger charge is 2.41. The Labute approximate surface area is 257 Å². The Morgan fingerprint density at radius 1 is 1.04 bits per heavy atom. The molecule has 250 valence electrons. The third-order valence-electron chi connectivity index (χ3n) is 8.40. The van der Waals surface area contributed by atoms with E-state index in [2.05, 4.69) is 10.2 Å². The Balaban J connectivity index is 0.000000248. The van der Waals surface area contributed by atoms with Gasteiger partial charge in [-0.1, -0.05) is 43.2 Å². The van der Waals surface area contributed by atoms with Crippen molar-refractivity contribution in [3.05, 3.63) is 68.6 Å². The van der Waals surface area contributed by atoms with Crippen LogP contribution in [-0.4, -0.2) is 65.3 Å². The van der Waals surface area contributed by atoms with E-state index in [1.54, 1.807) is 25.1 Å². The molecular formula is C31H39F6N3O5. The van der Waals surface area contributed by atoms with Crippen LogP contribution >= 0.6 is 0 Å². The maximum atomic E-state index is 13.2. The Morgan fingerprint density at radius 2 is 1.71 bits per heavy atom. The van der Waals surface area contributed by atoms with Gasteiger partial charge in [-0.25, -0.2) is 0 Å². The molecule has 2 aliphatic rings. The van der Waals surface area contributed by atoms with E-state index in [0.29, 0.717) is 11.6 Å². The van der Waals surface area contributed by atoms with Crippen LogP contribution in [0.5, 0.6) is 0 Å². The number of halogens is 6. The van der Waals surface area contributed by atoms with E-state index in [4.69, 9.17) is 9.84 Å². The van der Waals surface area contributed by atoms with Crippen LogP contribution in [0.3, 0.4) is 0 Å². The second kappa shape index (κ2) is 14.8. The zero-order chi connectivity index (χ0) is 33.6. The largest absolute Gasteiger partial charge is 0.480 e. The number of nitrogens with zero attached hydrogens (tertiary/aromatic N) is 2. The number of pyridine rings is 1. The van der Waals surface area contributed by atoms with Crippen LogP contribution in [-0.2, 0) is 40.1 Å². The average molecular weight is 648 g/mol.